The molecular formula is C22H27N5. The Hall–Kier alpha value is -2.74. The minimum absolute atomic E-state index is 0.413. The fourth-order valence-corrected chi connectivity index (χ4v) is 4.20. The van der Waals surface area contributed by atoms with Crippen molar-refractivity contribution in [2.75, 3.05) is 5.32 Å². The molecule has 0 unspecified atom stereocenters. The lowest BCUT2D eigenvalue weighted by Gasteiger charge is -2.35. The largest absolute Gasteiger partial charge is 0.365 e. The smallest absolute Gasteiger partial charge is 0.173 e. The van der Waals surface area contributed by atoms with Crippen molar-refractivity contribution in [2.45, 2.75) is 52.5 Å². The molecule has 4 rings (SSSR count). The number of aromatic nitrogens is 3. The van der Waals surface area contributed by atoms with Gasteiger partial charge >= 0.3 is 0 Å². The molecule has 1 fully saturated rings. The SMILES string of the molecule is CCc1ccc(-c2nc3c(C#N)c[nH]n3c2N[C@@H]2CCC[C@H](C)[C@H]2C)cc1. The molecule has 1 aliphatic rings. The zero-order chi connectivity index (χ0) is 19.0. The third-order valence-corrected chi connectivity index (χ3v) is 6.24. The number of benzene rings is 1. The number of hydrogen-bond donors (Lipinski definition) is 2. The van der Waals surface area contributed by atoms with E-state index < -0.39 is 0 Å². The molecule has 0 bridgehead atoms. The van der Waals surface area contributed by atoms with E-state index in [0.717, 1.165) is 23.5 Å². The normalized spacial score (nSPS) is 22.7. The van der Waals surface area contributed by atoms with E-state index in [4.69, 9.17) is 4.98 Å². The number of hydrogen-bond acceptors (Lipinski definition) is 3. The maximum Gasteiger partial charge on any atom is 0.173 e. The monoisotopic (exact) mass is 361 g/mol. The first-order chi connectivity index (χ1) is 13.1. The summed E-state index contributed by atoms with van der Waals surface area (Å²) in [4.78, 5) is 4.83. The maximum atomic E-state index is 9.42. The second-order valence-corrected chi connectivity index (χ2v) is 7.84. The number of anilines is 1. The van der Waals surface area contributed by atoms with Crippen molar-refractivity contribution in [3.8, 4) is 17.3 Å². The van der Waals surface area contributed by atoms with Gasteiger partial charge in [-0.25, -0.2) is 9.50 Å². The van der Waals surface area contributed by atoms with E-state index in [-0.39, 0.29) is 0 Å². The van der Waals surface area contributed by atoms with Crippen LogP contribution in [0.25, 0.3) is 16.9 Å². The molecule has 0 radical (unpaired) electrons. The summed E-state index contributed by atoms with van der Waals surface area (Å²) >= 11 is 0. The van der Waals surface area contributed by atoms with E-state index in [1.165, 1.54) is 24.8 Å². The summed E-state index contributed by atoms with van der Waals surface area (Å²) in [6.07, 6.45) is 6.46. The van der Waals surface area contributed by atoms with Crippen LogP contribution in [-0.4, -0.2) is 20.6 Å². The lowest BCUT2D eigenvalue weighted by molar-refractivity contribution is 0.252. The van der Waals surface area contributed by atoms with Gasteiger partial charge in [0.05, 0.1) is 0 Å². The molecular weight excluding hydrogens is 334 g/mol. The fraction of sp³-hybridized carbons (Fsp3) is 0.455. The molecule has 5 nitrogen and oxygen atoms in total. The Morgan fingerprint density at radius 3 is 2.74 bits per heavy atom. The van der Waals surface area contributed by atoms with Crippen molar-refractivity contribution in [3.05, 3.63) is 41.6 Å². The second kappa shape index (κ2) is 7.11. The highest BCUT2D eigenvalue weighted by atomic mass is 15.3. The number of aryl methyl sites for hydroxylation is 1. The van der Waals surface area contributed by atoms with Crippen molar-refractivity contribution in [1.29, 1.82) is 5.26 Å². The van der Waals surface area contributed by atoms with Gasteiger partial charge in [-0.2, -0.15) is 5.26 Å². The number of nitriles is 1. The quantitative estimate of drug-likeness (QED) is 0.687. The van der Waals surface area contributed by atoms with Gasteiger partial charge in [0.1, 0.15) is 17.3 Å². The van der Waals surface area contributed by atoms with Gasteiger partial charge in [-0.1, -0.05) is 57.9 Å². The zero-order valence-electron chi connectivity index (χ0n) is 16.3. The van der Waals surface area contributed by atoms with Gasteiger partial charge in [0.25, 0.3) is 0 Å². The number of rotatable bonds is 4. The Kier molecular flexibility index (Phi) is 4.65. The summed E-state index contributed by atoms with van der Waals surface area (Å²) < 4.78 is 1.92. The van der Waals surface area contributed by atoms with Crippen LogP contribution >= 0.6 is 0 Å². The Morgan fingerprint density at radius 2 is 2.04 bits per heavy atom. The molecule has 140 valence electrons. The van der Waals surface area contributed by atoms with Crippen LogP contribution in [0.15, 0.2) is 30.5 Å². The highest BCUT2D eigenvalue weighted by Gasteiger charge is 2.29. The third kappa shape index (κ3) is 3.10. The van der Waals surface area contributed by atoms with Crippen LogP contribution in [0.5, 0.6) is 0 Å². The predicted octanol–water partition coefficient (Wildman–Crippen LogP) is 5.00. The first-order valence-corrected chi connectivity index (χ1v) is 9.98. The standard InChI is InChI=1S/C22H27N5/c1-4-16-8-10-17(11-9-16)20-22(25-19-7-5-6-14(2)15(19)3)27-21(26-20)18(12-23)13-24-27/h8-11,13-15,19,24-25H,4-7H2,1-3H3/t14-,15+,19+/m0/s1. The Morgan fingerprint density at radius 1 is 1.26 bits per heavy atom. The molecule has 1 aromatic carbocycles. The van der Waals surface area contributed by atoms with E-state index in [1.54, 1.807) is 6.20 Å². The Labute approximate surface area is 160 Å². The van der Waals surface area contributed by atoms with Gasteiger partial charge in [0, 0.05) is 17.8 Å². The summed E-state index contributed by atoms with van der Waals surface area (Å²) in [5.41, 5.74) is 4.55. The molecule has 0 aliphatic heterocycles. The first kappa shape index (κ1) is 17.7. The molecule has 3 aromatic rings. The summed E-state index contributed by atoms with van der Waals surface area (Å²) in [5, 5.41) is 16.4. The van der Waals surface area contributed by atoms with Crippen LogP contribution in [0.4, 0.5) is 5.82 Å². The van der Waals surface area contributed by atoms with Crippen molar-refractivity contribution < 1.29 is 0 Å². The van der Waals surface area contributed by atoms with Crippen molar-refractivity contribution in [3.63, 3.8) is 0 Å². The van der Waals surface area contributed by atoms with Crippen molar-refractivity contribution >= 4 is 11.5 Å². The highest BCUT2D eigenvalue weighted by Crippen LogP contribution is 2.35. The van der Waals surface area contributed by atoms with Crippen LogP contribution in [0.2, 0.25) is 0 Å². The average Bonchev–Trinajstić information content (AvgIpc) is 3.25. The first-order valence-electron chi connectivity index (χ1n) is 9.98. The summed E-state index contributed by atoms with van der Waals surface area (Å²) in [6, 6.07) is 11.2. The van der Waals surface area contributed by atoms with Crippen LogP contribution in [-0.2, 0) is 6.42 Å². The number of H-pyrrole nitrogens is 1. The number of nitrogens with one attached hydrogen (secondary N) is 2. The van der Waals surface area contributed by atoms with Crippen molar-refractivity contribution in [1.82, 2.24) is 14.6 Å². The Bertz CT molecular complexity index is 973. The molecule has 2 heterocycles. The summed E-state index contributed by atoms with van der Waals surface area (Å²) in [5.74, 6) is 2.27. The van der Waals surface area contributed by atoms with Gasteiger partial charge in [-0.05, 0) is 30.2 Å². The number of imidazole rings is 1. The molecule has 0 amide bonds. The third-order valence-electron chi connectivity index (χ3n) is 6.24. The van der Waals surface area contributed by atoms with E-state index in [1.807, 2.05) is 4.52 Å². The van der Waals surface area contributed by atoms with Crippen LogP contribution in [0, 0.1) is 23.2 Å². The number of nitrogens with zero attached hydrogens (tertiary/aromatic N) is 3. The fourth-order valence-electron chi connectivity index (χ4n) is 4.20. The minimum atomic E-state index is 0.413. The van der Waals surface area contributed by atoms with Crippen LogP contribution in [0.3, 0.4) is 0 Å². The topological polar surface area (TPSA) is 68.9 Å². The summed E-state index contributed by atoms with van der Waals surface area (Å²) in [7, 11) is 0. The molecule has 0 spiro atoms. The number of aromatic amines is 1. The van der Waals surface area contributed by atoms with E-state index >= 15 is 0 Å². The van der Waals surface area contributed by atoms with Gasteiger partial charge in [0.2, 0.25) is 0 Å². The second-order valence-electron chi connectivity index (χ2n) is 7.84. The highest BCUT2D eigenvalue weighted by molar-refractivity contribution is 5.78. The maximum absolute atomic E-state index is 9.42. The molecule has 27 heavy (non-hydrogen) atoms. The lowest BCUT2D eigenvalue weighted by Crippen LogP contribution is -2.35. The molecule has 2 aromatic heterocycles. The van der Waals surface area contributed by atoms with Crippen molar-refractivity contribution in [2.24, 2.45) is 11.8 Å². The molecule has 0 saturated heterocycles. The molecule has 2 N–H and O–H groups in total. The lowest BCUT2D eigenvalue weighted by atomic mass is 9.78. The molecule has 3 atom stereocenters. The number of fused-ring (bicyclic) bond motifs is 1. The summed E-state index contributed by atoms with van der Waals surface area (Å²) in [6.45, 7) is 6.84. The zero-order valence-corrected chi connectivity index (χ0v) is 16.3. The van der Waals surface area contributed by atoms with E-state index in [2.05, 4.69) is 61.5 Å². The Balaban J connectivity index is 1.79. The van der Waals surface area contributed by atoms with Gasteiger partial charge in [0.15, 0.2) is 11.5 Å². The predicted molar refractivity (Wildman–Crippen MR) is 109 cm³/mol. The van der Waals surface area contributed by atoms with E-state index in [9.17, 15) is 5.26 Å². The minimum Gasteiger partial charge on any atom is -0.365 e. The van der Waals surface area contributed by atoms with Crippen LogP contribution < -0.4 is 5.32 Å². The van der Waals surface area contributed by atoms with Crippen LogP contribution in [0.1, 0.15) is 51.2 Å². The molecule has 5 heteroatoms. The van der Waals surface area contributed by atoms with Gasteiger partial charge < -0.3 is 5.32 Å². The molecule has 1 saturated carbocycles. The van der Waals surface area contributed by atoms with Gasteiger partial charge in [-0.3, -0.25) is 5.10 Å². The molecule has 1 aliphatic carbocycles. The van der Waals surface area contributed by atoms with E-state index in [0.29, 0.717) is 29.1 Å². The van der Waals surface area contributed by atoms with Gasteiger partial charge in [-0.15, -0.1) is 0 Å². The average molecular weight is 361 g/mol.